The van der Waals surface area contributed by atoms with Crippen molar-refractivity contribution in [2.45, 2.75) is 19.0 Å². The third-order valence-electron chi connectivity index (χ3n) is 2.65. The van der Waals surface area contributed by atoms with E-state index in [-0.39, 0.29) is 11.6 Å². The number of carbonyl (C=O) groups excluding carboxylic acids is 1. The van der Waals surface area contributed by atoms with Gasteiger partial charge in [-0.1, -0.05) is 6.07 Å². The molecule has 4 nitrogen and oxygen atoms in total. The maximum absolute atomic E-state index is 12.5. The normalized spacial score (nSPS) is 18.3. The predicted molar refractivity (Wildman–Crippen MR) is 64.7 cm³/mol. The maximum Gasteiger partial charge on any atom is 0.416 e. The number of nitrogens with zero attached hydrogens (tertiary/aromatic N) is 1. The van der Waals surface area contributed by atoms with E-state index in [2.05, 4.69) is 15.8 Å². The van der Waals surface area contributed by atoms with E-state index in [4.69, 9.17) is 0 Å². The van der Waals surface area contributed by atoms with Crippen molar-refractivity contribution >= 4 is 17.3 Å². The van der Waals surface area contributed by atoms with Crippen molar-refractivity contribution in [3.8, 4) is 0 Å². The SMILES string of the molecule is O=C1NCCCC1=NNc1cccc(C(F)(F)F)c1. The van der Waals surface area contributed by atoms with Gasteiger partial charge in [-0.3, -0.25) is 10.2 Å². The third-order valence-corrected chi connectivity index (χ3v) is 2.65. The second-order valence-corrected chi connectivity index (χ2v) is 4.11. The number of hydrogen-bond donors (Lipinski definition) is 2. The smallest absolute Gasteiger partial charge is 0.351 e. The summed E-state index contributed by atoms with van der Waals surface area (Å²) in [5.74, 6) is -0.286. The molecule has 1 aliphatic heterocycles. The largest absolute Gasteiger partial charge is 0.416 e. The molecular weight excluding hydrogens is 259 g/mol. The van der Waals surface area contributed by atoms with Crippen LogP contribution >= 0.6 is 0 Å². The zero-order chi connectivity index (χ0) is 13.9. The fraction of sp³-hybridized carbons (Fsp3) is 0.333. The molecule has 2 rings (SSSR count). The van der Waals surface area contributed by atoms with Gasteiger partial charge in [-0.25, -0.2) is 0 Å². The summed E-state index contributed by atoms with van der Waals surface area (Å²) in [5, 5.41) is 6.46. The highest BCUT2D eigenvalue weighted by molar-refractivity contribution is 6.39. The van der Waals surface area contributed by atoms with Crippen molar-refractivity contribution in [3.05, 3.63) is 29.8 Å². The Bertz CT molecular complexity index is 511. The minimum absolute atomic E-state index is 0.195. The number of nitrogens with one attached hydrogen (secondary N) is 2. The number of rotatable bonds is 2. The lowest BCUT2D eigenvalue weighted by atomic mass is 10.1. The quantitative estimate of drug-likeness (QED) is 0.811. The van der Waals surface area contributed by atoms with E-state index < -0.39 is 11.7 Å². The summed E-state index contributed by atoms with van der Waals surface area (Å²) in [4.78, 5) is 11.4. The summed E-state index contributed by atoms with van der Waals surface area (Å²) in [6, 6.07) is 4.67. The van der Waals surface area contributed by atoms with E-state index in [1.165, 1.54) is 12.1 Å². The molecule has 0 radical (unpaired) electrons. The molecule has 0 bridgehead atoms. The lowest BCUT2D eigenvalue weighted by molar-refractivity contribution is -0.137. The van der Waals surface area contributed by atoms with E-state index in [0.717, 1.165) is 18.6 Å². The number of alkyl halides is 3. The molecule has 0 aliphatic carbocycles. The summed E-state index contributed by atoms with van der Waals surface area (Å²) in [6.45, 7) is 0.599. The fourth-order valence-corrected chi connectivity index (χ4v) is 1.68. The molecule has 0 saturated carbocycles. The van der Waals surface area contributed by atoms with Gasteiger partial charge >= 0.3 is 6.18 Å². The van der Waals surface area contributed by atoms with Crippen LogP contribution in [0.1, 0.15) is 18.4 Å². The van der Waals surface area contributed by atoms with Gasteiger partial charge in [0.2, 0.25) is 0 Å². The Labute approximate surface area is 107 Å². The highest BCUT2D eigenvalue weighted by Crippen LogP contribution is 2.30. The molecule has 1 aromatic carbocycles. The van der Waals surface area contributed by atoms with Gasteiger partial charge in [0.1, 0.15) is 5.71 Å². The van der Waals surface area contributed by atoms with Gasteiger partial charge in [-0.15, -0.1) is 0 Å². The lowest BCUT2D eigenvalue weighted by Crippen LogP contribution is -2.37. The molecule has 0 spiro atoms. The second-order valence-electron chi connectivity index (χ2n) is 4.11. The van der Waals surface area contributed by atoms with Crippen LogP contribution in [-0.2, 0) is 11.0 Å². The number of benzene rings is 1. The van der Waals surface area contributed by atoms with Gasteiger partial charge < -0.3 is 5.32 Å². The monoisotopic (exact) mass is 271 g/mol. The minimum atomic E-state index is -4.40. The van der Waals surface area contributed by atoms with Crippen LogP contribution in [0.15, 0.2) is 29.4 Å². The summed E-state index contributed by atoms with van der Waals surface area (Å²) in [7, 11) is 0. The van der Waals surface area contributed by atoms with Crippen LogP contribution in [0.2, 0.25) is 0 Å². The van der Waals surface area contributed by atoms with Crippen molar-refractivity contribution in [2.75, 3.05) is 12.0 Å². The molecule has 7 heteroatoms. The van der Waals surface area contributed by atoms with Gasteiger partial charge in [0.05, 0.1) is 11.3 Å². The molecular formula is C12H12F3N3O. The average molecular weight is 271 g/mol. The first-order valence-corrected chi connectivity index (χ1v) is 5.75. The van der Waals surface area contributed by atoms with Crippen LogP contribution in [0.25, 0.3) is 0 Å². The Morgan fingerprint density at radius 3 is 2.79 bits per heavy atom. The molecule has 0 unspecified atom stereocenters. The van der Waals surface area contributed by atoms with Gasteiger partial charge in [-0.2, -0.15) is 18.3 Å². The number of anilines is 1. The van der Waals surface area contributed by atoms with Crippen LogP contribution in [0.3, 0.4) is 0 Å². The van der Waals surface area contributed by atoms with Crippen molar-refractivity contribution in [2.24, 2.45) is 5.10 Å². The molecule has 19 heavy (non-hydrogen) atoms. The summed E-state index contributed by atoms with van der Waals surface area (Å²) < 4.78 is 37.5. The molecule has 1 amide bonds. The topological polar surface area (TPSA) is 53.5 Å². The van der Waals surface area contributed by atoms with E-state index in [9.17, 15) is 18.0 Å². The van der Waals surface area contributed by atoms with E-state index >= 15 is 0 Å². The van der Waals surface area contributed by atoms with Crippen molar-refractivity contribution in [1.82, 2.24) is 5.32 Å². The van der Waals surface area contributed by atoms with Gasteiger partial charge in [-0.05, 0) is 31.0 Å². The average Bonchev–Trinajstić information content (AvgIpc) is 2.37. The number of hydrazone groups is 1. The fourth-order valence-electron chi connectivity index (χ4n) is 1.68. The van der Waals surface area contributed by atoms with Crippen LogP contribution < -0.4 is 10.7 Å². The van der Waals surface area contributed by atoms with Gasteiger partial charge in [0.25, 0.3) is 5.91 Å². The standard InChI is InChI=1S/C12H12F3N3O/c13-12(14,15)8-3-1-4-9(7-8)17-18-10-5-2-6-16-11(10)19/h1,3-4,7,17H,2,5-6H2,(H,16,19). The number of amides is 1. The Balaban J connectivity index is 2.11. The van der Waals surface area contributed by atoms with Crippen LogP contribution in [0, 0.1) is 0 Å². The lowest BCUT2D eigenvalue weighted by Gasteiger charge is -2.14. The van der Waals surface area contributed by atoms with Gasteiger partial charge in [0.15, 0.2) is 0 Å². The first-order chi connectivity index (χ1) is 8.97. The molecule has 1 fully saturated rings. The number of carbonyl (C=O) groups is 1. The van der Waals surface area contributed by atoms with Crippen LogP contribution in [-0.4, -0.2) is 18.2 Å². The summed E-state index contributed by atoms with van der Waals surface area (Å²) in [5.41, 5.74) is 2.22. The number of piperidine rings is 1. The Kier molecular flexibility index (Phi) is 3.73. The number of halogens is 3. The molecule has 0 atom stereocenters. The highest BCUT2D eigenvalue weighted by Gasteiger charge is 2.30. The molecule has 1 heterocycles. The Morgan fingerprint density at radius 1 is 1.32 bits per heavy atom. The van der Waals surface area contributed by atoms with Crippen LogP contribution in [0.5, 0.6) is 0 Å². The molecule has 1 aromatic rings. The zero-order valence-electron chi connectivity index (χ0n) is 9.92. The zero-order valence-corrected chi connectivity index (χ0v) is 9.92. The van der Waals surface area contributed by atoms with Crippen LogP contribution in [0.4, 0.5) is 18.9 Å². The second kappa shape index (κ2) is 5.29. The summed E-state index contributed by atoms with van der Waals surface area (Å²) in [6.07, 6.45) is -3.11. The third kappa shape index (κ3) is 3.46. The van der Waals surface area contributed by atoms with E-state index in [1.54, 1.807) is 0 Å². The van der Waals surface area contributed by atoms with Crippen molar-refractivity contribution < 1.29 is 18.0 Å². The molecule has 102 valence electrons. The number of hydrogen-bond acceptors (Lipinski definition) is 3. The van der Waals surface area contributed by atoms with Crippen molar-refractivity contribution in [1.29, 1.82) is 0 Å². The first kappa shape index (κ1) is 13.4. The summed E-state index contributed by atoms with van der Waals surface area (Å²) >= 11 is 0. The Morgan fingerprint density at radius 2 is 2.11 bits per heavy atom. The minimum Gasteiger partial charge on any atom is -0.351 e. The molecule has 2 N–H and O–H groups in total. The molecule has 1 aliphatic rings. The highest BCUT2D eigenvalue weighted by atomic mass is 19.4. The maximum atomic E-state index is 12.5. The van der Waals surface area contributed by atoms with E-state index in [1.807, 2.05) is 0 Å². The molecule has 0 aromatic heterocycles. The van der Waals surface area contributed by atoms with E-state index in [0.29, 0.717) is 18.7 Å². The Hall–Kier alpha value is -2.05. The van der Waals surface area contributed by atoms with Gasteiger partial charge in [0, 0.05) is 6.54 Å². The van der Waals surface area contributed by atoms with Crippen molar-refractivity contribution in [3.63, 3.8) is 0 Å². The first-order valence-electron chi connectivity index (χ1n) is 5.75. The molecule has 1 saturated heterocycles. The predicted octanol–water partition coefficient (Wildman–Crippen LogP) is 2.38.